The van der Waals surface area contributed by atoms with Gasteiger partial charge in [-0.3, -0.25) is 14.4 Å². The van der Waals surface area contributed by atoms with Gasteiger partial charge in [0.1, 0.15) is 10.9 Å². The van der Waals surface area contributed by atoms with Crippen molar-refractivity contribution in [2.24, 2.45) is 0 Å². The average molecular weight is 548 g/mol. The second-order valence-corrected chi connectivity index (χ2v) is 11.8. The molecule has 0 saturated carbocycles. The van der Waals surface area contributed by atoms with Crippen LogP contribution in [-0.4, -0.2) is 54.0 Å². The normalized spacial score (nSPS) is 14.7. The summed E-state index contributed by atoms with van der Waals surface area (Å²) in [6, 6.07) is 22.1. The number of sulfonamides is 1. The fourth-order valence-electron chi connectivity index (χ4n) is 4.62. The standard InChI is InChI=1S/C30H33N3O5S/c1-21(2)31-29(35)26(19-23-9-5-4-6-10-23)32(20-24-15-13-22(3)14-16-24)28(34)17-18-33-30(36)25-11-7-8-12-27(25)39(33,37)38/h4-16,21,26H,17-20H2,1-3H3,(H,31,35)/t26-/m1/s1. The van der Waals surface area contributed by atoms with E-state index in [1.165, 1.54) is 17.0 Å². The molecule has 0 unspecified atom stereocenters. The maximum Gasteiger partial charge on any atom is 0.269 e. The lowest BCUT2D eigenvalue weighted by Gasteiger charge is -2.32. The van der Waals surface area contributed by atoms with Crippen LogP contribution in [0.2, 0.25) is 0 Å². The van der Waals surface area contributed by atoms with E-state index in [2.05, 4.69) is 5.32 Å². The predicted octanol–water partition coefficient (Wildman–Crippen LogP) is 3.69. The van der Waals surface area contributed by atoms with Crippen molar-refractivity contribution in [2.75, 3.05) is 6.54 Å². The van der Waals surface area contributed by atoms with Crippen molar-refractivity contribution in [3.05, 3.63) is 101 Å². The Morgan fingerprint density at radius 3 is 2.18 bits per heavy atom. The summed E-state index contributed by atoms with van der Waals surface area (Å²) in [5.41, 5.74) is 2.88. The van der Waals surface area contributed by atoms with Crippen LogP contribution in [0.25, 0.3) is 0 Å². The van der Waals surface area contributed by atoms with Crippen LogP contribution in [-0.2, 0) is 32.6 Å². The van der Waals surface area contributed by atoms with Crippen molar-refractivity contribution in [3.63, 3.8) is 0 Å². The largest absolute Gasteiger partial charge is 0.352 e. The van der Waals surface area contributed by atoms with E-state index in [1.54, 1.807) is 12.1 Å². The molecule has 1 heterocycles. The number of nitrogens with zero attached hydrogens (tertiary/aromatic N) is 2. The molecule has 0 spiro atoms. The van der Waals surface area contributed by atoms with Crippen LogP contribution in [0.3, 0.4) is 0 Å². The van der Waals surface area contributed by atoms with Gasteiger partial charge >= 0.3 is 0 Å². The van der Waals surface area contributed by atoms with Gasteiger partial charge in [0.2, 0.25) is 11.8 Å². The van der Waals surface area contributed by atoms with Crippen molar-refractivity contribution in [2.45, 2.75) is 57.1 Å². The topological polar surface area (TPSA) is 104 Å². The number of carbonyl (C=O) groups is 3. The molecule has 0 radical (unpaired) electrons. The molecule has 0 fully saturated rings. The van der Waals surface area contributed by atoms with Gasteiger partial charge in [0.05, 0.1) is 5.56 Å². The lowest BCUT2D eigenvalue weighted by Crippen LogP contribution is -2.52. The van der Waals surface area contributed by atoms with Crippen LogP contribution >= 0.6 is 0 Å². The Bertz CT molecular complexity index is 1450. The summed E-state index contributed by atoms with van der Waals surface area (Å²) in [6.07, 6.45) is 0.0223. The van der Waals surface area contributed by atoms with Gasteiger partial charge in [-0.25, -0.2) is 12.7 Å². The first kappa shape index (κ1) is 28.0. The molecule has 204 valence electrons. The van der Waals surface area contributed by atoms with Gasteiger partial charge in [0.25, 0.3) is 15.9 Å². The van der Waals surface area contributed by atoms with Gasteiger partial charge in [-0.2, -0.15) is 0 Å². The third kappa shape index (κ3) is 6.37. The minimum absolute atomic E-state index is 0.0581. The molecule has 0 saturated heterocycles. The van der Waals surface area contributed by atoms with Gasteiger partial charge in [-0.15, -0.1) is 0 Å². The smallest absolute Gasteiger partial charge is 0.269 e. The number of benzene rings is 3. The number of aryl methyl sites for hydroxylation is 1. The summed E-state index contributed by atoms with van der Waals surface area (Å²) in [5.74, 6) is -1.37. The van der Waals surface area contributed by atoms with Gasteiger partial charge < -0.3 is 10.2 Å². The predicted molar refractivity (Wildman–Crippen MR) is 148 cm³/mol. The molecule has 1 N–H and O–H groups in total. The Balaban J connectivity index is 1.63. The maximum absolute atomic E-state index is 13.8. The van der Waals surface area contributed by atoms with E-state index in [0.29, 0.717) is 0 Å². The van der Waals surface area contributed by atoms with Crippen LogP contribution < -0.4 is 5.32 Å². The first-order chi connectivity index (χ1) is 18.6. The molecule has 39 heavy (non-hydrogen) atoms. The number of nitrogens with one attached hydrogen (secondary N) is 1. The molecule has 1 aliphatic heterocycles. The molecule has 0 aromatic heterocycles. The minimum atomic E-state index is -4.05. The number of rotatable bonds is 10. The van der Waals surface area contributed by atoms with E-state index in [1.807, 2.05) is 75.4 Å². The van der Waals surface area contributed by atoms with E-state index in [4.69, 9.17) is 0 Å². The zero-order chi connectivity index (χ0) is 28.2. The van der Waals surface area contributed by atoms with Crippen molar-refractivity contribution in [1.29, 1.82) is 0 Å². The van der Waals surface area contributed by atoms with E-state index < -0.39 is 27.9 Å². The molecular weight excluding hydrogens is 514 g/mol. The van der Waals surface area contributed by atoms with Crippen molar-refractivity contribution in [3.8, 4) is 0 Å². The molecule has 3 aromatic carbocycles. The highest BCUT2D eigenvalue weighted by atomic mass is 32.2. The third-order valence-corrected chi connectivity index (χ3v) is 8.46. The molecule has 3 aromatic rings. The molecule has 3 amide bonds. The van der Waals surface area contributed by atoms with E-state index in [0.717, 1.165) is 21.0 Å². The number of hydrogen-bond acceptors (Lipinski definition) is 5. The van der Waals surface area contributed by atoms with E-state index >= 15 is 0 Å². The number of carbonyl (C=O) groups excluding carboxylic acids is 3. The Morgan fingerprint density at radius 2 is 1.54 bits per heavy atom. The fraction of sp³-hybridized carbons (Fsp3) is 0.300. The van der Waals surface area contributed by atoms with Crippen LogP contribution in [0.5, 0.6) is 0 Å². The van der Waals surface area contributed by atoms with Gasteiger partial charge in [-0.1, -0.05) is 72.3 Å². The summed E-state index contributed by atoms with van der Waals surface area (Å²) in [7, 11) is -4.05. The second-order valence-electron chi connectivity index (χ2n) is 10.0. The first-order valence-corrected chi connectivity index (χ1v) is 14.4. The highest BCUT2D eigenvalue weighted by molar-refractivity contribution is 7.90. The Labute approximate surface area is 229 Å². The van der Waals surface area contributed by atoms with Crippen molar-refractivity contribution < 1.29 is 22.8 Å². The fourth-order valence-corrected chi connectivity index (χ4v) is 6.19. The summed E-state index contributed by atoms with van der Waals surface area (Å²) >= 11 is 0. The zero-order valence-electron chi connectivity index (χ0n) is 22.3. The third-order valence-electron chi connectivity index (χ3n) is 6.62. The number of hydrogen-bond donors (Lipinski definition) is 1. The highest BCUT2D eigenvalue weighted by Gasteiger charge is 2.41. The molecule has 0 bridgehead atoms. The Kier molecular flexibility index (Phi) is 8.50. The molecular formula is C30H33N3O5S. The summed E-state index contributed by atoms with van der Waals surface area (Å²) in [4.78, 5) is 41.6. The average Bonchev–Trinajstić information content (AvgIpc) is 3.10. The van der Waals surface area contributed by atoms with Crippen LogP contribution in [0.4, 0.5) is 0 Å². The molecule has 0 aliphatic carbocycles. The van der Waals surface area contributed by atoms with Gasteiger partial charge in [0.15, 0.2) is 0 Å². The van der Waals surface area contributed by atoms with Crippen LogP contribution in [0, 0.1) is 6.92 Å². The van der Waals surface area contributed by atoms with E-state index in [9.17, 15) is 22.8 Å². The number of amides is 3. The van der Waals surface area contributed by atoms with Crippen molar-refractivity contribution >= 4 is 27.7 Å². The Hall–Kier alpha value is -3.98. The molecule has 1 aliphatic rings. The van der Waals surface area contributed by atoms with Crippen LogP contribution in [0.15, 0.2) is 83.8 Å². The summed E-state index contributed by atoms with van der Waals surface area (Å²) in [5, 5.41) is 2.93. The lowest BCUT2D eigenvalue weighted by atomic mass is 10.0. The molecule has 9 heteroatoms. The van der Waals surface area contributed by atoms with Crippen molar-refractivity contribution in [1.82, 2.24) is 14.5 Å². The quantitative estimate of drug-likeness (QED) is 0.417. The molecule has 8 nitrogen and oxygen atoms in total. The zero-order valence-corrected chi connectivity index (χ0v) is 23.1. The highest BCUT2D eigenvalue weighted by Crippen LogP contribution is 2.30. The maximum atomic E-state index is 13.8. The van der Waals surface area contributed by atoms with Gasteiger partial charge in [0, 0.05) is 32.0 Å². The minimum Gasteiger partial charge on any atom is -0.352 e. The summed E-state index contributed by atoms with van der Waals surface area (Å²) < 4.78 is 26.8. The molecule has 4 rings (SSSR count). The van der Waals surface area contributed by atoms with Crippen LogP contribution in [0.1, 0.15) is 47.3 Å². The SMILES string of the molecule is Cc1ccc(CN(C(=O)CCN2C(=O)c3ccccc3S2(=O)=O)[C@H](Cc2ccccc2)C(=O)NC(C)C)cc1. The lowest BCUT2D eigenvalue weighted by molar-refractivity contribution is -0.141. The Morgan fingerprint density at radius 1 is 0.897 bits per heavy atom. The van der Waals surface area contributed by atoms with Gasteiger partial charge in [-0.05, 0) is 44.0 Å². The molecule has 1 atom stereocenters. The first-order valence-electron chi connectivity index (χ1n) is 12.9. The van der Waals surface area contributed by atoms with E-state index in [-0.39, 0.29) is 48.3 Å². The number of fused-ring (bicyclic) bond motifs is 1. The monoisotopic (exact) mass is 547 g/mol. The summed E-state index contributed by atoms with van der Waals surface area (Å²) in [6.45, 7) is 5.51. The second kappa shape index (κ2) is 11.8.